The molecule has 0 radical (unpaired) electrons. The van der Waals surface area contributed by atoms with E-state index < -0.39 is 0 Å². The Morgan fingerprint density at radius 1 is 1.24 bits per heavy atom. The minimum Gasteiger partial charge on any atom is -0.360 e. The van der Waals surface area contributed by atoms with Gasteiger partial charge in [0.25, 0.3) is 11.8 Å². The standard InChI is InChI=1S/C19H25N3O3/c1-6-22(7-2)19(24)14-9-8-10-15(11-14)20-18(23)16-13(5)21-25-17(16)12(3)4/h8-12H,6-7H2,1-5H3,(H,20,23). The van der Waals surface area contributed by atoms with E-state index in [0.717, 1.165) is 0 Å². The Kier molecular flexibility index (Phi) is 5.96. The number of hydrogen-bond donors (Lipinski definition) is 1. The van der Waals surface area contributed by atoms with E-state index in [1.165, 1.54) is 0 Å². The zero-order valence-corrected chi connectivity index (χ0v) is 15.4. The summed E-state index contributed by atoms with van der Waals surface area (Å²) in [5, 5.41) is 6.74. The summed E-state index contributed by atoms with van der Waals surface area (Å²) in [5.41, 5.74) is 2.12. The Bertz CT molecular complexity index is 761. The van der Waals surface area contributed by atoms with Gasteiger partial charge in [0.1, 0.15) is 5.56 Å². The summed E-state index contributed by atoms with van der Waals surface area (Å²) in [6.45, 7) is 10.8. The second-order valence-corrected chi connectivity index (χ2v) is 6.17. The molecule has 2 aromatic rings. The largest absolute Gasteiger partial charge is 0.360 e. The predicted molar refractivity (Wildman–Crippen MR) is 97.0 cm³/mol. The highest BCUT2D eigenvalue weighted by atomic mass is 16.5. The van der Waals surface area contributed by atoms with Crippen molar-refractivity contribution in [1.82, 2.24) is 10.1 Å². The molecule has 0 bridgehead atoms. The number of nitrogens with one attached hydrogen (secondary N) is 1. The molecule has 0 aliphatic heterocycles. The quantitative estimate of drug-likeness (QED) is 0.864. The number of benzene rings is 1. The molecule has 6 nitrogen and oxygen atoms in total. The molecular formula is C19H25N3O3. The van der Waals surface area contributed by atoms with E-state index in [2.05, 4.69) is 10.5 Å². The van der Waals surface area contributed by atoms with Crippen molar-refractivity contribution >= 4 is 17.5 Å². The number of anilines is 1. The Morgan fingerprint density at radius 2 is 1.92 bits per heavy atom. The van der Waals surface area contributed by atoms with Crippen molar-refractivity contribution in [2.24, 2.45) is 0 Å². The molecule has 2 rings (SSSR count). The Hall–Kier alpha value is -2.63. The van der Waals surface area contributed by atoms with Gasteiger partial charge in [-0.05, 0) is 39.0 Å². The van der Waals surface area contributed by atoms with Gasteiger partial charge in [-0.2, -0.15) is 0 Å². The van der Waals surface area contributed by atoms with Crippen LogP contribution in [0.3, 0.4) is 0 Å². The second kappa shape index (κ2) is 7.96. The molecule has 25 heavy (non-hydrogen) atoms. The first-order valence-corrected chi connectivity index (χ1v) is 8.55. The normalized spacial score (nSPS) is 10.8. The lowest BCUT2D eigenvalue weighted by Crippen LogP contribution is -2.30. The third-order valence-corrected chi connectivity index (χ3v) is 4.06. The third kappa shape index (κ3) is 4.07. The average Bonchev–Trinajstić information content (AvgIpc) is 2.98. The molecule has 0 saturated heterocycles. The summed E-state index contributed by atoms with van der Waals surface area (Å²) in [6.07, 6.45) is 0. The second-order valence-electron chi connectivity index (χ2n) is 6.17. The monoisotopic (exact) mass is 343 g/mol. The first kappa shape index (κ1) is 18.7. The number of carbonyl (C=O) groups excluding carboxylic acids is 2. The lowest BCUT2D eigenvalue weighted by atomic mass is 10.0. The Balaban J connectivity index is 2.24. The zero-order chi connectivity index (χ0) is 18.6. The van der Waals surface area contributed by atoms with Gasteiger partial charge in [-0.25, -0.2) is 0 Å². The number of amides is 2. The molecular weight excluding hydrogens is 318 g/mol. The molecule has 0 aliphatic rings. The van der Waals surface area contributed by atoms with Gasteiger partial charge < -0.3 is 14.7 Å². The van der Waals surface area contributed by atoms with Crippen LogP contribution < -0.4 is 5.32 Å². The van der Waals surface area contributed by atoms with Crippen molar-refractivity contribution in [1.29, 1.82) is 0 Å². The summed E-state index contributed by atoms with van der Waals surface area (Å²) in [4.78, 5) is 26.8. The van der Waals surface area contributed by atoms with Gasteiger partial charge in [0, 0.05) is 30.3 Å². The first-order chi connectivity index (χ1) is 11.9. The van der Waals surface area contributed by atoms with E-state index in [0.29, 0.717) is 41.4 Å². The van der Waals surface area contributed by atoms with E-state index in [-0.39, 0.29) is 17.7 Å². The van der Waals surface area contributed by atoms with Gasteiger partial charge in [0.05, 0.1) is 5.69 Å². The van der Waals surface area contributed by atoms with Crippen molar-refractivity contribution in [2.45, 2.75) is 40.5 Å². The lowest BCUT2D eigenvalue weighted by molar-refractivity contribution is 0.0772. The number of carbonyl (C=O) groups is 2. The van der Waals surface area contributed by atoms with Crippen molar-refractivity contribution in [3.05, 3.63) is 46.8 Å². The van der Waals surface area contributed by atoms with E-state index in [1.54, 1.807) is 36.1 Å². The van der Waals surface area contributed by atoms with E-state index >= 15 is 0 Å². The summed E-state index contributed by atoms with van der Waals surface area (Å²) in [5.74, 6) is 0.280. The average molecular weight is 343 g/mol. The number of hydrogen-bond acceptors (Lipinski definition) is 4. The molecule has 6 heteroatoms. The van der Waals surface area contributed by atoms with E-state index in [9.17, 15) is 9.59 Å². The van der Waals surface area contributed by atoms with E-state index in [4.69, 9.17) is 4.52 Å². The van der Waals surface area contributed by atoms with Gasteiger partial charge in [-0.3, -0.25) is 9.59 Å². The highest BCUT2D eigenvalue weighted by Gasteiger charge is 2.23. The molecule has 134 valence electrons. The van der Waals surface area contributed by atoms with Gasteiger partial charge in [-0.15, -0.1) is 0 Å². The van der Waals surface area contributed by atoms with Crippen LogP contribution in [0.5, 0.6) is 0 Å². The fourth-order valence-corrected chi connectivity index (χ4v) is 2.67. The number of aromatic nitrogens is 1. The maximum atomic E-state index is 12.6. The Labute approximate surface area is 148 Å². The molecule has 0 saturated carbocycles. The molecule has 1 N–H and O–H groups in total. The first-order valence-electron chi connectivity index (χ1n) is 8.55. The summed E-state index contributed by atoms with van der Waals surface area (Å²) in [7, 11) is 0. The van der Waals surface area contributed by atoms with Crippen molar-refractivity contribution in [3.63, 3.8) is 0 Å². The van der Waals surface area contributed by atoms with Crippen molar-refractivity contribution in [3.8, 4) is 0 Å². The summed E-state index contributed by atoms with van der Waals surface area (Å²) in [6, 6.07) is 6.96. The molecule has 1 aromatic heterocycles. The molecule has 1 heterocycles. The van der Waals surface area contributed by atoms with Gasteiger partial charge in [0.15, 0.2) is 5.76 Å². The Morgan fingerprint density at radius 3 is 2.52 bits per heavy atom. The lowest BCUT2D eigenvalue weighted by Gasteiger charge is -2.19. The predicted octanol–water partition coefficient (Wildman–Crippen LogP) is 3.84. The van der Waals surface area contributed by atoms with Gasteiger partial charge in [0.2, 0.25) is 0 Å². The van der Waals surface area contributed by atoms with Gasteiger partial charge >= 0.3 is 0 Å². The van der Waals surface area contributed by atoms with Crippen LogP contribution in [0.1, 0.15) is 65.8 Å². The number of aryl methyl sites for hydroxylation is 1. The third-order valence-electron chi connectivity index (χ3n) is 4.06. The summed E-state index contributed by atoms with van der Waals surface area (Å²) < 4.78 is 5.27. The van der Waals surface area contributed by atoms with Crippen LogP contribution in [0.2, 0.25) is 0 Å². The maximum absolute atomic E-state index is 12.6. The smallest absolute Gasteiger partial charge is 0.261 e. The maximum Gasteiger partial charge on any atom is 0.261 e. The van der Waals surface area contributed by atoms with Crippen LogP contribution in [0.15, 0.2) is 28.8 Å². The van der Waals surface area contributed by atoms with Crippen LogP contribution in [-0.4, -0.2) is 35.0 Å². The van der Waals surface area contributed by atoms with Crippen LogP contribution in [0.4, 0.5) is 5.69 Å². The van der Waals surface area contributed by atoms with Crippen molar-refractivity contribution in [2.75, 3.05) is 18.4 Å². The van der Waals surface area contributed by atoms with Crippen LogP contribution >= 0.6 is 0 Å². The van der Waals surface area contributed by atoms with Crippen LogP contribution in [0.25, 0.3) is 0 Å². The minimum absolute atomic E-state index is 0.0508. The molecule has 2 amide bonds. The van der Waals surface area contributed by atoms with E-state index in [1.807, 2.05) is 27.7 Å². The minimum atomic E-state index is -0.283. The molecule has 0 fully saturated rings. The van der Waals surface area contributed by atoms with Crippen LogP contribution in [0, 0.1) is 6.92 Å². The number of nitrogens with zero attached hydrogens (tertiary/aromatic N) is 2. The molecule has 0 spiro atoms. The highest BCUT2D eigenvalue weighted by molar-refractivity contribution is 6.06. The molecule has 0 atom stereocenters. The molecule has 0 aliphatic carbocycles. The number of rotatable bonds is 6. The molecule has 0 unspecified atom stereocenters. The zero-order valence-electron chi connectivity index (χ0n) is 15.4. The summed E-state index contributed by atoms with van der Waals surface area (Å²) >= 11 is 0. The molecule has 1 aromatic carbocycles. The van der Waals surface area contributed by atoms with Gasteiger partial charge in [-0.1, -0.05) is 25.1 Å². The highest BCUT2D eigenvalue weighted by Crippen LogP contribution is 2.23. The fraction of sp³-hybridized carbons (Fsp3) is 0.421. The topological polar surface area (TPSA) is 75.4 Å². The van der Waals surface area contributed by atoms with Crippen LogP contribution in [-0.2, 0) is 0 Å². The SMILES string of the molecule is CCN(CC)C(=O)c1cccc(NC(=O)c2c(C)noc2C(C)C)c1. The van der Waals surface area contributed by atoms with Crippen molar-refractivity contribution < 1.29 is 14.1 Å². The fourth-order valence-electron chi connectivity index (χ4n) is 2.67.